The zero-order valence-corrected chi connectivity index (χ0v) is 14.3. The van der Waals surface area contributed by atoms with Gasteiger partial charge in [0.2, 0.25) is 5.91 Å². The number of amides is 1. The van der Waals surface area contributed by atoms with Crippen LogP contribution in [0.4, 0.5) is 5.69 Å². The summed E-state index contributed by atoms with van der Waals surface area (Å²) < 4.78 is 6.03. The number of nitrogens with one attached hydrogen (secondary N) is 1. The maximum Gasteiger partial charge on any atom is 0.230 e. The summed E-state index contributed by atoms with van der Waals surface area (Å²) in [6.45, 7) is 0. The number of fused-ring (bicyclic) bond motifs is 2. The number of pyridine rings is 1. The summed E-state index contributed by atoms with van der Waals surface area (Å²) in [5, 5.41) is 3.84. The number of ether oxygens (including phenoxy) is 1. The van der Waals surface area contributed by atoms with E-state index in [2.05, 4.69) is 10.3 Å². The van der Waals surface area contributed by atoms with Crippen LogP contribution in [0, 0.1) is 5.92 Å². The lowest BCUT2D eigenvalue weighted by Crippen LogP contribution is -2.36. The van der Waals surface area contributed by atoms with E-state index in [1.165, 1.54) is 0 Å². The molecule has 0 radical (unpaired) electrons. The van der Waals surface area contributed by atoms with Crippen molar-refractivity contribution in [2.75, 3.05) is 5.32 Å². The Bertz CT molecular complexity index is 769. The van der Waals surface area contributed by atoms with Crippen molar-refractivity contribution in [3.8, 4) is 0 Å². The largest absolute Gasteiger partial charge is 0.373 e. The van der Waals surface area contributed by atoms with Gasteiger partial charge < -0.3 is 10.1 Å². The maximum absolute atomic E-state index is 12.9. The van der Waals surface area contributed by atoms with E-state index in [4.69, 9.17) is 27.9 Å². The van der Waals surface area contributed by atoms with Gasteiger partial charge in [0.05, 0.1) is 28.2 Å². The zero-order chi connectivity index (χ0) is 16.7. The van der Waals surface area contributed by atoms with Gasteiger partial charge in [-0.2, -0.15) is 0 Å². The van der Waals surface area contributed by atoms with Gasteiger partial charge in [-0.3, -0.25) is 9.78 Å². The van der Waals surface area contributed by atoms with Crippen molar-refractivity contribution < 1.29 is 9.53 Å². The lowest BCUT2D eigenvalue weighted by atomic mass is 9.75. The maximum atomic E-state index is 12.9. The molecule has 0 saturated carbocycles. The number of anilines is 1. The van der Waals surface area contributed by atoms with E-state index in [-0.39, 0.29) is 30.0 Å². The number of rotatable bonds is 3. The van der Waals surface area contributed by atoms with Crippen LogP contribution in [0.25, 0.3) is 0 Å². The molecule has 6 heteroatoms. The molecule has 2 saturated heterocycles. The molecule has 0 aliphatic carbocycles. The Morgan fingerprint density at radius 2 is 1.83 bits per heavy atom. The van der Waals surface area contributed by atoms with Crippen molar-refractivity contribution in [2.24, 2.45) is 5.92 Å². The van der Waals surface area contributed by atoms with Gasteiger partial charge in [0.1, 0.15) is 0 Å². The number of benzene rings is 1. The Kier molecular flexibility index (Phi) is 4.21. The first kappa shape index (κ1) is 15.9. The van der Waals surface area contributed by atoms with E-state index in [1.807, 2.05) is 12.1 Å². The highest BCUT2D eigenvalue weighted by atomic mass is 35.5. The molecule has 2 aliphatic heterocycles. The molecule has 2 aromatic rings. The Balaban J connectivity index is 1.59. The summed E-state index contributed by atoms with van der Waals surface area (Å²) in [5.41, 5.74) is 1.75. The van der Waals surface area contributed by atoms with E-state index in [9.17, 15) is 4.79 Å². The van der Waals surface area contributed by atoms with E-state index in [1.54, 1.807) is 30.6 Å². The summed E-state index contributed by atoms with van der Waals surface area (Å²) >= 11 is 12.0. The molecule has 2 aliphatic rings. The smallest absolute Gasteiger partial charge is 0.230 e. The van der Waals surface area contributed by atoms with Crippen molar-refractivity contribution in [3.05, 3.63) is 58.3 Å². The lowest BCUT2D eigenvalue weighted by Gasteiger charge is -2.27. The number of carbonyl (C=O) groups excluding carboxylic acids is 1. The summed E-state index contributed by atoms with van der Waals surface area (Å²) in [5.74, 6) is -0.183. The van der Waals surface area contributed by atoms with Gasteiger partial charge in [-0.05, 0) is 48.7 Å². The molecule has 2 bridgehead atoms. The minimum Gasteiger partial charge on any atom is -0.373 e. The lowest BCUT2D eigenvalue weighted by molar-refractivity contribution is -0.121. The van der Waals surface area contributed by atoms with Crippen LogP contribution in [0.15, 0.2) is 42.7 Å². The predicted molar refractivity (Wildman–Crippen MR) is 93.5 cm³/mol. The summed E-state index contributed by atoms with van der Waals surface area (Å²) in [6.07, 6.45) is 5.50. The van der Waals surface area contributed by atoms with Gasteiger partial charge in [0.25, 0.3) is 0 Å². The Hall–Kier alpha value is -1.62. The van der Waals surface area contributed by atoms with Crippen molar-refractivity contribution in [1.82, 2.24) is 4.98 Å². The third kappa shape index (κ3) is 2.79. The summed E-state index contributed by atoms with van der Waals surface area (Å²) in [6, 6.07) is 9.03. The number of hydrogen-bond donors (Lipinski definition) is 1. The van der Waals surface area contributed by atoms with Gasteiger partial charge in [0.15, 0.2) is 0 Å². The van der Waals surface area contributed by atoms with Gasteiger partial charge in [-0.25, -0.2) is 0 Å². The first-order valence-electron chi connectivity index (χ1n) is 7.95. The first-order chi connectivity index (χ1) is 11.6. The van der Waals surface area contributed by atoms with Gasteiger partial charge in [0, 0.05) is 24.0 Å². The van der Waals surface area contributed by atoms with Crippen molar-refractivity contribution in [3.63, 3.8) is 0 Å². The molecule has 1 aromatic carbocycles. The van der Waals surface area contributed by atoms with Crippen LogP contribution in [0.2, 0.25) is 10.0 Å². The molecule has 0 spiro atoms. The summed E-state index contributed by atoms with van der Waals surface area (Å²) in [4.78, 5) is 17.0. The Labute approximate surface area is 150 Å². The highest BCUT2D eigenvalue weighted by Crippen LogP contribution is 2.49. The Morgan fingerprint density at radius 3 is 2.58 bits per heavy atom. The van der Waals surface area contributed by atoms with Crippen LogP contribution in [-0.2, 0) is 9.53 Å². The monoisotopic (exact) mass is 362 g/mol. The van der Waals surface area contributed by atoms with Gasteiger partial charge in [-0.1, -0.05) is 23.2 Å². The minimum atomic E-state index is -0.208. The van der Waals surface area contributed by atoms with E-state index < -0.39 is 0 Å². The third-order valence-corrected chi connectivity index (χ3v) is 5.59. The average molecular weight is 363 g/mol. The van der Waals surface area contributed by atoms with Gasteiger partial charge >= 0.3 is 0 Å². The van der Waals surface area contributed by atoms with Crippen LogP contribution < -0.4 is 5.32 Å². The molecule has 4 nitrogen and oxygen atoms in total. The SMILES string of the molecule is O=C(Nc1ccc(Cl)c(Cl)c1)C1C2CCC(O2)C1c1ccncc1. The topological polar surface area (TPSA) is 51.2 Å². The number of hydrogen-bond acceptors (Lipinski definition) is 3. The molecule has 1 aromatic heterocycles. The molecule has 24 heavy (non-hydrogen) atoms. The number of halogens is 2. The van der Waals surface area contributed by atoms with Crippen molar-refractivity contribution in [1.29, 1.82) is 0 Å². The molecule has 4 unspecified atom stereocenters. The quantitative estimate of drug-likeness (QED) is 0.885. The fraction of sp³-hybridized carbons (Fsp3) is 0.333. The summed E-state index contributed by atoms with van der Waals surface area (Å²) in [7, 11) is 0. The van der Waals surface area contributed by atoms with Crippen LogP contribution in [0.3, 0.4) is 0 Å². The second-order valence-corrected chi connectivity index (χ2v) is 7.05. The predicted octanol–water partition coefficient (Wildman–Crippen LogP) is 4.29. The number of nitrogens with zero attached hydrogens (tertiary/aromatic N) is 1. The molecular weight excluding hydrogens is 347 g/mol. The average Bonchev–Trinajstić information content (AvgIpc) is 3.20. The van der Waals surface area contributed by atoms with E-state index in [0.717, 1.165) is 18.4 Å². The van der Waals surface area contributed by atoms with Crippen molar-refractivity contribution in [2.45, 2.75) is 31.0 Å². The second-order valence-electron chi connectivity index (χ2n) is 6.24. The van der Waals surface area contributed by atoms with Crippen LogP contribution in [0.5, 0.6) is 0 Å². The zero-order valence-electron chi connectivity index (χ0n) is 12.8. The normalized spacial score (nSPS) is 28.1. The molecule has 4 rings (SSSR count). The molecular formula is C18H16Cl2N2O2. The molecule has 3 heterocycles. The Morgan fingerprint density at radius 1 is 1.08 bits per heavy atom. The van der Waals surface area contributed by atoms with Crippen LogP contribution >= 0.6 is 23.2 Å². The molecule has 1 amide bonds. The fourth-order valence-corrected chi connectivity index (χ4v) is 4.12. The second kappa shape index (κ2) is 6.36. The van der Waals surface area contributed by atoms with Gasteiger partial charge in [-0.15, -0.1) is 0 Å². The van der Waals surface area contributed by atoms with E-state index in [0.29, 0.717) is 15.7 Å². The van der Waals surface area contributed by atoms with Crippen LogP contribution in [-0.4, -0.2) is 23.1 Å². The van der Waals surface area contributed by atoms with E-state index >= 15 is 0 Å². The molecule has 2 fully saturated rings. The molecule has 4 atom stereocenters. The van der Waals surface area contributed by atoms with Crippen LogP contribution in [0.1, 0.15) is 24.3 Å². The standard InChI is InChI=1S/C18H16Cl2N2O2/c19-12-2-1-11(9-13(12)20)22-18(23)17-15-4-3-14(24-15)16(17)10-5-7-21-8-6-10/h1-2,5-9,14-17H,3-4H2,(H,22,23). The highest BCUT2D eigenvalue weighted by molar-refractivity contribution is 6.42. The van der Waals surface area contributed by atoms with Crippen molar-refractivity contribution >= 4 is 34.8 Å². The third-order valence-electron chi connectivity index (χ3n) is 4.85. The highest BCUT2D eigenvalue weighted by Gasteiger charge is 2.52. The fourth-order valence-electron chi connectivity index (χ4n) is 3.82. The minimum absolute atomic E-state index is 0.0315. The number of carbonyl (C=O) groups is 1. The number of aromatic nitrogens is 1. The molecule has 124 valence electrons. The molecule has 1 N–H and O–H groups in total. The first-order valence-corrected chi connectivity index (χ1v) is 8.70.